The molecule has 56 heavy (non-hydrogen) atoms. The van der Waals surface area contributed by atoms with Gasteiger partial charge in [0.25, 0.3) is 0 Å². The molecule has 0 aliphatic rings. The first kappa shape index (κ1) is 31.9. The molecule has 6 aromatic carbocycles. The first-order chi connectivity index (χ1) is 27.8. The largest absolute Gasteiger partial charge is 0.309 e. The summed E-state index contributed by atoms with van der Waals surface area (Å²) in [5.74, 6) is 0. The molecule has 0 spiro atoms. The number of benzene rings is 6. The summed E-state index contributed by atoms with van der Waals surface area (Å²) in [6.07, 6.45) is 5.57. The zero-order valence-corrected chi connectivity index (χ0v) is 30.3. The zero-order chi connectivity index (χ0) is 37.0. The number of fused-ring (bicyclic) bond motifs is 6. The number of para-hydroxylation sites is 2. The lowest BCUT2D eigenvalue weighted by Crippen LogP contribution is -1.96. The highest BCUT2D eigenvalue weighted by Gasteiger charge is 2.19. The molecular formula is C51H33N5. The summed E-state index contributed by atoms with van der Waals surface area (Å²) in [5, 5.41) is 4.76. The number of rotatable bonds is 6. The van der Waals surface area contributed by atoms with E-state index in [1.807, 2.05) is 48.9 Å². The average molecular weight is 716 g/mol. The van der Waals surface area contributed by atoms with Gasteiger partial charge in [-0.25, -0.2) is 4.98 Å². The van der Waals surface area contributed by atoms with Gasteiger partial charge in [0.15, 0.2) is 0 Å². The summed E-state index contributed by atoms with van der Waals surface area (Å²) in [7, 11) is 0. The van der Waals surface area contributed by atoms with Crippen molar-refractivity contribution in [3.8, 4) is 56.1 Å². The number of nitrogens with zero attached hydrogens (tertiary/aromatic N) is 5. The minimum Gasteiger partial charge on any atom is -0.309 e. The van der Waals surface area contributed by atoms with Crippen LogP contribution in [-0.2, 0) is 0 Å². The fourth-order valence-corrected chi connectivity index (χ4v) is 8.37. The smallest absolute Gasteiger partial charge is 0.145 e. The third-order valence-electron chi connectivity index (χ3n) is 10.8. The third-order valence-corrected chi connectivity index (χ3v) is 10.8. The molecule has 0 radical (unpaired) electrons. The van der Waals surface area contributed by atoms with Crippen molar-refractivity contribution in [3.63, 3.8) is 0 Å². The molecule has 11 aromatic rings. The van der Waals surface area contributed by atoms with Gasteiger partial charge in [-0.3, -0.25) is 14.5 Å². The van der Waals surface area contributed by atoms with Crippen LogP contribution in [0.5, 0.6) is 0 Å². The quantitative estimate of drug-likeness (QED) is 0.172. The second-order valence-electron chi connectivity index (χ2n) is 14.1. The second kappa shape index (κ2) is 13.0. The number of hydrogen-bond donors (Lipinski definition) is 0. The lowest BCUT2D eigenvalue weighted by atomic mass is 9.96. The van der Waals surface area contributed by atoms with Gasteiger partial charge in [0, 0.05) is 62.6 Å². The minimum atomic E-state index is 0.922. The van der Waals surface area contributed by atoms with E-state index >= 15 is 0 Å². The van der Waals surface area contributed by atoms with Crippen LogP contribution in [0.4, 0.5) is 0 Å². The van der Waals surface area contributed by atoms with Gasteiger partial charge in [0.05, 0.1) is 27.9 Å². The summed E-state index contributed by atoms with van der Waals surface area (Å²) >= 11 is 0. The molecule has 0 saturated carbocycles. The molecule has 5 aromatic heterocycles. The van der Waals surface area contributed by atoms with Gasteiger partial charge in [-0.1, -0.05) is 78.9 Å². The van der Waals surface area contributed by atoms with E-state index in [0.29, 0.717) is 0 Å². The molecular weight excluding hydrogens is 683 g/mol. The Bertz CT molecular complexity index is 3180. The topological polar surface area (TPSA) is 48.5 Å². The third kappa shape index (κ3) is 5.21. The number of aromatic nitrogens is 5. The minimum absolute atomic E-state index is 0.922. The van der Waals surface area contributed by atoms with E-state index in [9.17, 15) is 0 Å². The SMILES string of the molecule is c1ccc(-n2c3ccccc3c3c(-c4ccc5c(c4)c4cccnc4n5-c4cccc(-c5cc(-c6ccccn6)cc(-c6ccccn6)c5)c4)cccc32)cc1. The maximum atomic E-state index is 4.98. The van der Waals surface area contributed by atoms with Crippen LogP contribution in [-0.4, -0.2) is 24.1 Å². The van der Waals surface area contributed by atoms with Crippen molar-refractivity contribution in [2.75, 3.05) is 0 Å². The van der Waals surface area contributed by atoms with Crippen LogP contribution in [0.1, 0.15) is 0 Å². The Kier molecular flexibility index (Phi) is 7.42. The summed E-state index contributed by atoms with van der Waals surface area (Å²) in [5.41, 5.74) is 15.1. The van der Waals surface area contributed by atoms with E-state index in [0.717, 1.165) is 67.0 Å². The van der Waals surface area contributed by atoms with Crippen molar-refractivity contribution < 1.29 is 0 Å². The van der Waals surface area contributed by atoms with Crippen LogP contribution in [0.3, 0.4) is 0 Å². The Morgan fingerprint density at radius 1 is 0.321 bits per heavy atom. The van der Waals surface area contributed by atoms with Crippen LogP contribution < -0.4 is 0 Å². The highest BCUT2D eigenvalue weighted by atomic mass is 15.0. The molecule has 0 saturated heterocycles. The van der Waals surface area contributed by atoms with Crippen molar-refractivity contribution in [2.45, 2.75) is 0 Å². The summed E-state index contributed by atoms with van der Waals surface area (Å²) < 4.78 is 4.67. The lowest BCUT2D eigenvalue weighted by Gasteiger charge is -2.13. The lowest BCUT2D eigenvalue weighted by molar-refractivity contribution is 1.14. The van der Waals surface area contributed by atoms with Crippen LogP contribution in [0.2, 0.25) is 0 Å². The second-order valence-corrected chi connectivity index (χ2v) is 14.1. The molecule has 5 heterocycles. The van der Waals surface area contributed by atoms with Gasteiger partial charge in [0.2, 0.25) is 0 Å². The zero-order valence-electron chi connectivity index (χ0n) is 30.3. The van der Waals surface area contributed by atoms with Gasteiger partial charge in [-0.2, -0.15) is 0 Å². The Morgan fingerprint density at radius 3 is 1.75 bits per heavy atom. The molecule has 0 aliphatic heterocycles. The summed E-state index contributed by atoms with van der Waals surface area (Å²) in [6.45, 7) is 0. The van der Waals surface area contributed by atoms with E-state index in [1.54, 1.807) is 0 Å². The van der Waals surface area contributed by atoms with E-state index in [4.69, 9.17) is 4.98 Å². The van der Waals surface area contributed by atoms with E-state index in [2.05, 4.69) is 171 Å². The molecule has 262 valence electrons. The van der Waals surface area contributed by atoms with Gasteiger partial charge < -0.3 is 4.57 Å². The van der Waals surface area contributed by atoms with E-state index < -0.39 is 0 Å². The van der Waals surface area contributed by atoms with E-state index in [1.165, 1.54) is 32.9 Å². The monoisotopic (exact) mass is 715 g/mol. The molecule has 11 rings (SSSR count). The maximum Gasteiger partial charge on any atom is 0.145 e. The van der Waals surface area contributed by atoms with Gasteiger partial charge in [-0.05, 0) is 125 Å². The van der Waals surface area contributed by atoms with E-state index in [-0.39, 0.29) is 0 Å². The van der Waals surface area contributed by atoms with Crippen LogP contribution >= 0.6 is 0 Å². The van der Waals surface area contributed by atoms with Gasteiger partial charge in [-0.15, -0.1) is 0 Å². The molecule has 5 nitrogen and oxygen atoms in total. The molecule has 5 heteroatoms. The average Bonchev–Trinajstić information content (AvgIpc) is 3.80. The first-order valence-corrected chi connectivity index (χ1v) is 18.8. The molecule has 0 bridgehead atoms. The van der Waals surface area contributed by atoms with Crippen molar-refractivity contribution in [3.05, 3.63) is 201 Å². The normalized spacial score (nSPS) is 11.6. The fraction of sp³-hybridized carbons (Fsp3) is 0. The summed E-state index contributed by atoms with van der Waals surface area (Å²) in [6, 6.07) is 64.5. The van der Waals surface area contributed by atoms with Crippen LogP contribution in [0.25, 0.3) is 99.9 Å². The summed E-state index contributed by atoms with van der Waals surface area (Å²) in [4.78, 5) is 14.4. The van der Waals surface area contributed by atoms with Crippen molar-refractivity contribution >= 4 is 43.7 Å². The number of hydrogen-bond acceptors (Lipinski definition) is 3. The molecule has 0 fully saturated rings. The standard InChI is InChI=1S/C51H33N5/c1-2-14-39(15-3-1)55-47-22-5-4-17-43(47)50-41(18-11-23-49(50)55)35-24-25-48-44(33-35)42-19-12-28-54-51(42)56(48)40-16-10-13-34(32-40)36-29-37(45-20-6-8-26-52-45)31-38(30-36)46-21-7-9-27-53-46/h1-33H. The highest BCUT2D eigenvalue weighted by Crippen LogP contribution is 2.41. The van der Waals surface area contributed by atoms with Crippen LogP contribution in [0.15, 0.2) is 201 Å². The predicted molar refractivity (Wildman–Crippen MR) is 230 cm³/mol. The van der Waals surface area contributed by atoms with Gasteiger partial charge in [0.1, 0.15) is 5.65 Å². The highest BCUT2D eigenvalue weighted by molar-refractivity contribution is 6.17. The maximum absolute atomic E-state index is 4.98. The predicted octanol–water partition coefficient (Wildman–Crippen LogP) is 12.7. The van der Waals surface area contributed by atoms with Crippen molar-refractivity contribution in [1.82, 2.24) is 24.1 Å². The van der Waals surface area contributed by atoms with Crippen molar-refractivity contribution in [2.24, 2.45) is 0 Å². The Hall–Kier alpha value is -7.63. The van der Waals surface area contributed by atoms with Gasteiger partial charge >= 0.3 is 0 Å². The molecule has 0 amide bonds. The molecule has 0 unspecified atom stereocenters. The molecule has 0 atom stereocenters. The number of pyridine rings is 3. The fourth-order valence-electron chi connectivity index (χ4n) is 8.37. The Balaban J connectivity index is 1.08. The molecule has 0 N–H and O–H groups in total. The van der Waals surface area contributed by atoms with Crippen LogP contribution in [0, 0.1) is 0 Å². The first-order valence-electron chi connectivity index (χ1n) is 18.8. The Morgan fingerprint density at radius 2 is 0.964 bits per heavy atom. The Labute approximate surface area is 323 Å². The van der Waals surface area contributed by atoms with Crippen molar-refractivity contribution in [1.29, 1.82) is 0 Å². The molecule has 0 aliphatic carbocycles.